The maximum Gasteiger partial charge on any atom is 0.406 e. The molecule has 0 aliphatic carbocycles. The van der Waals surface area contributed by atoms with E-state index >= 15 is 0 Å². The largest absolute Gasteiger partial charge is 0.406 e. The van der Waals surface area contributed by atoms with Crippen molar-refractivity contribution in [3.63, 3.8) is 0 Å². The fourth-order valence-electron chi connectivity index (χ4n) is 2.55. The molecule has 0 bridgehead atoms. The van der Waals surface area contributed by atoms with Crippen molar-refractivity contribution >= 4 is 23.3 Å². The van der Waals surface area contributed by atoms with Crippen LogP contribution < -0.4 is 15.5 Å². The first-order valence-corrected chi connectivity index (χ1v) is 7.34. The molecule has 0 spiro atoms. The van der Waals surface area contributed by atoms with Gasteiger partial charge in [-0.2, -0.15) is 13.2 Å². The molecule has 0 radical (unpaired) electrons. The predicted octanol–water partition coefficient (Wildman–Crippen LogP) is 2.04. The number of alkyl halides is 3. The first kappa shape index (κ1) is 17.9. The molecule has 1 atom stereocenters. The van der Waals surface area contributed by atoms with Crippen LogP contribution in [0.25, 0.3) is 0 Å². The number of amides is 3. The number of para-hydroxylation sites is 2. The monoisotopic (exact) mass is 344 g/mol. The second kappa shape index (κ2) is 6.98. The average molecular weight is 344 g/mol. The Kier molecular flexibility index (Phi) is 5.20. The van der Waals surface area contributed by atoms with Crippen molar-refractivity contribution in [3.05, 3.63) is 24.3 Å². The summed E-state index contributed by atoms with van der Waals surface area (Å²) in [7, 11) is 3.64. The van der Waals surface area contributed by atoms with Crippen LogP contribution in [-0.2, 0) is 4.79 Å². The number of hydrogen-bond acceptors (Lipinski definition) is 3. The van der Waals surface area contributed by atoms with Crippen molar-refractivity contribution in [1.82, 2.24) is 10.2 Å². The Morgan fingerprint density at radius 1 is 1.33 bits per heavy atom. The van der Waals surface area contributed by atoms with Gasteiger partial charge >= 0.3 is 12.2 Å². The summed E-state index contributed by atoms with van der Waals surface area (Å²) in [5.74, 6) is -0.619. The van der Waals surface area contributed by atoms with Gasteiger partial charge in [0.05, 0.1) is 17.4 Å². The number of anilines is 2. The Morgan fingerprint density at radius 2 is 2.00 bits per heavy atom. The van der Waals surface area contributed by atoms with Crippen LogP contribution >= 0.6 is 0 Å². The summed E-state index contributed by atoms with van der Waals surface area (Å²) in [6.45, 7) is -1.45. The number of halogens is 3. The van der Waals surface area contributed by atoms with Crippen molar-refractivity contribution in [3.8, 4) is 0 Å². The summed E-state index contributed by atoms with van der Waals surface area (Å²) in [5, 5.41) is 5.19. The van der Waals surface area contributed by atoms with E-state index < -0.39 is 30.7 Å². The zero-order valence-corrected chi connectivity index (χ0v) is 13.4. The van der Waals surface area contributed by atoms with Crippen LogP contribution in [0, 0.1) is 0 Å². The lowest BCUT2D eigenvalue weighted by Gasteiger charge is -2.20. The van der Waals surface area contributed by atoms with Crippen LogP contribution in [-0.4, -0.2) is 56.2 Å². The molecule has 1 aromatic rings. The minimum Gasteiger partial charge on any atom is -0.376 e. The Morgan fingerprint density at radius 3 is 2.62 bits per heavy atom. The third-order valence-corrected chi connectivity index (χ3v) is 3.55. The zero-order valence-electron chi connectivity index (χ0n) is 13.4. The fraction of sp³-hybridized carbons (Fsp3) is 0.467. The van der Waals surface area contributed by atoms with Crippen LogP contribution in [0.1, 0.15) is 6.42 Å². The molecule has 9 heteroatoms. The normalized spacial score (nSPS) is 17.8. The summed E-state index contributed by atoms with van der Waals surface area (Å²) >= 11 is 0. The molecule has 24 heavy (non-hydrogen) atoms. The van der Waals surface area contributed by atoms with Gasteiger partial charge in [0.15, 0.2) is 0 Å². The highest BCUT2D eigenvalue weighted by Gasteiger charge is 2.38. The summed E-state index contributed by atoms with van der Waals surface area (Å²) in [5.41, 5.74) is 1.35. The van der Waals surface area contributed by atoms with Crippen molar-refractivity contribution in [2.75, 3.05) is 37.4 Å². The van der Waals surface area contributed by atoms with E-state index in [1.54, 1.807) is 12.1 Å². The molecular formula is C15H19F3N4O2. The average Bonchev–Trinajstić information content (AvgIpc) is 2.76. The number of carbonyl (C=O) groups is 2. The van der Waals surface area contributed by atoms with E-state index in [1.165, 1.54) is 0 Å². The molecule has 3 amide bonds. The molecule has 2 rings (SSSR count). The van der Waals surface area contributed by atoms with Gasteiger partial charge in [-0.05, 0) is 12.1 Å². The van der Waals surface area contributed by atoms with Crippen molar-refractivity contribution in [1.29, 1.82) is 0 Å². The molecule has 1 saturated heterocycles. The van der Waals surface area contributed by atoms with Crippen LogP contribution in [0.5, 0.6) is 0 Å². The standard InChI is InChI=1S/C15H19F3N4O2/c1-21(2)12-6-4-3-5-11(12)20-14(24)19-10-7-13(23)22(8-10)9-15(16,17)18/h3-6,10H,7-9H2,1-2H3,(H2,19,20,24)/t10-/m1/s1. The van der Waals surface area contributed by atoms with Gasteiger partial charge in [-0.15, -0.1) is 0 Å². The second-order valence-corrected chi connectivity index (χ2v) is 5.80. The van der Waals surface area contributed by atoms with Crippen LogP contribution in [0.3, 0.4) is 0 Å². The minimum absolute atomic E-state index is 0.140. The highest BCUT2D eigenvalue weighted by atomic mass is 19.4. The van der Waals surface area contributed by atoms with Crippen LogP contribution in [0.4, 0.5) is 29.3 Å². The third kappa shape index (κ3) is 4.77. The minimum atomic E-state index is -4.45. The number of nitrogens with one attached hydrogen (secondary N) is 2. The smallest absolute Gasteiger partial charge is 0.376 e. The van der Waals surface area contributed by atoms with E-state index in [0.29, 0.717) is 10.6 Å². The fourth-order valence-corrected chi connectivity index (χ4v) is 2.55. The van der Waals surface area contributed by atoms with Gasteiger partial charge in [0, 0.05) is 27.1 Å². The molecule has 132 valence electrons. The number of likely N-dealkylation sites (tertiary alicyclic amines) is 1. The van der Waals surface area contributed by atoms with Gasteiger partial charge in [0.25, 0.3) is 0 Å². The lowest BCUT2D eigenvalue weighted by molar-refractivity contribution is -0.157. The molecule has 1 aliphatic heterocycles. The van der Waals surface area contributed by atoms with E-state index in [1.807, 2.05) is 31.1 Å². The Hall–Kier alpha value is -2.45. The van der Waals surface area contributed by atoms with E-state index in [2.05, 4.69) is 10.6 Å². The number of hydrogen-bond donors (Lipinski definition) is 2. The second-order valence-electron chi connectivity index (χ2n) is 5.80. The van der Waals surface area contributed by atoms with Gasteiger partial charge in [-0.3, -0.25) is 4.79 Å². The van der Waals surface area contributed by atoms with E-state index in [9.17, 15) is 22.8 Å². The van der Waals surface area contributed by atoms with E-state index in [-0.39, 0.29) is 13.0 Å². The van der Waals surface area contributed by atoms with Gasteiger partial charge in [-0.1, -0.05) is 12.1 Å². The van der Waals surface area contributed by atoms with Crippen molar-refractivity contribution in [2.24, 2.45) is 0 Å². The summed E-state index contributed by atoms with van der Waals surface area (Å²) in [6, 6.07) is 5.91. The molecule has 1 aromatic carbocycles. The molecule has 0 unspecified atom stereocenters. The number of benzene rings is 1. The lowest BCUT2D eigenvalue weighted by Crippen LogP contribution is -2.41. The lowest BCUT2D eigenvalue weighted by atomic mass is 10.2. The molecule has 2 N–H and O–H groups in total. The number of nitrogens with zero attached hydrogens (tertiary/aromatic N) is 2. The Balaban J connectivity index is 1.93. The van der Waals surface area contributed by atoms with Gasteiger partial charge in [0.2, 0.25) is 5.91 Å². The zero-order chi connectivity index (χ0) is 17.9. The summed E-state index contributed by atoms with van der Waals surface area (Å²) in [4.78, 5) is 26.2. The molecule has 1 fully saturated rings. The van der Waals surface area contributed by atoms with E-state index in [4.69, 9.17) is 0 Å². The maximum atomic E-state index is 12.4. The van der Waals surface area contributed by atoms with Gasteiger partial charge in [-0.25, -0.2) is 4.79 Å². The number of rotatable bonds is 4. The highest BCUT2D eigenvalue weighted by Crippen LogP contribution is 2.24. The van der Waals surface area contributed by atoms with Crippen LogP contribution in [0.15, 0.2) is 24.3 Å². The number of urea groups is 1. The number of carbonyl (C=O) groups excluding carboxylic acids is 2. The molecule has 0 aromatic heterocycles. The first-order chi connectivity index (χ1) is 11.2. The topological polar surface area (TPSA) is 64.7 Å². The van der Waals surface area contributed by atoms with E-state index in [0.717, 1.165) is 5.69 Å². The van der Waals surface area contributed by atoms with Gasteiger partial charge < -0.3 is 20.4 Å². The van der Waals surface area contributed by atoms with Gasteiger partial charge in [0.1, 0.15) is 6.54 Å². The van der Waals surface area contributed by atoms with Crippen molar-refractivity contribution in [2.45, 2.75) is 18.6 Å². The third-order valence-electron chi connectivity index (χ3n) is 3.55. The molecule has 1 heterocycles. The summed E-state index contributed by atoms with van der Waals surface area (Å²) < 4.78 is 37.1. The molecule has 6 nitrogen and oxygen atoms in total. The SMILES string of the molecule is CN(C)c1ccccc1NC(=O)N[C@@H]1CC(=O)N(CC(F)(F)F)C1. The molecular weight excluding hydrogens is 325 g/mol. The summed E-state index contributed by atoms with van der Waals surface area (Å²) in [6.07, 6.45) is -4.59. The molecule has 1 aliphatic rings. The van der Waals surface area contributed by atoms with Crippen LogP contribution in [0.2, 0.25) is 0 Å². The highest BCUT2D eigenvalue weighted by molar-refractivity contribution is 5.94. The quantitative estimate of drug-likeness (QED) is 0.879. The Labute approximate surface area is 137 Å². The Bertz CT molecular complexity index is 619. The maximum absolute atomic E-state index is 12.4. The predicted molar refractivity (Wildman–Crippen MR) is 84.0 cm³/mol. The molecule has 0 saturated carbocycles. The first-order valence-electron chi connectivity index (χ1n) is 7.34. The van der Waals surface area contributed by atoms with Crippen molar-refractivity contribution < 1.29 is 22.8 Å².